The summed E-state index contributed by atoms with van der Waals surface area (Å²) in [7, 11) is 0. The summed E-state index contributed by atoms with van der Waals surface area (Å²) < 4.78 is 5.16. The van der Waals surface area contributed by atoms with Crippen molar-refractivity contribution in [2.45, 2.75) is 31.9 Å². The molecule has 110 valence electrons. The molecule has 0 bridgehead atoms. The Morgan fingerprint density at radius 2 is 2.20 bits per heavy atom. The molecule has 0 aliphatic carbocycles. The second kappa shape index (κ2) is 6.24. The molecule has 0 spiro atoms. The zero-order chi connectivity index (χ0) is 14.6. The Kier molecular flexibility index (Phi) is 4.62. The normalized spacial score (nSPS) is 22.0. The highest BCUT2D eigenvalue weighted by molar-refractivity contribution is 5.99. The summed E-state index contributed by atoms with van der Waals surface area (Å²) in [5.41, 5.74) is 0.453. The number of hydrogen-bond acceptors (Lipinski definition) is 4. The Bertz CT molecular complexity index is 468. The summed E-state index contributed by atoms with van der Waals surface area (Å²) in [6, 6.07) is 7.61. The molecule has 1 unspecified atom stereocenters. The Balaban J connectivity index is 2.01. The van der Waals surface area contributed by atoms with Gasteiger partial charge in [-0.2, -0.15) is 0 Å². The molecule has 5 nitrogen and oxygen atoms in total. The third-order valence-corrected chi connectivity index (χ3v) is 3.28. The molecule has 20 heavy (non-hydrogen) atoms. The van der Waals surface area contributed by atoms with E-state index in [-0.39, 0.29) is 25.1 Å². The van der Waals surface area contributed by atoms with Gasteiger partial charge in [-0.05, 0) is 26.0 Å². The van der Waals surface area contributed by atoms with E-state index in [2.05, 4.69) is 10.6 Å². The number of aliphatic hydroxyl groups is 1. The number of rotatable bonds is 5. The van der Waals surface area contributed by atoms with E-state index in [1.165, 1.54) is 0 Å². The number of hydrogen-bond donors (Lipinski definition) is 3. The maximum absolute atomic E-state index is 12.2. The van der Waals surface area contributed by atoms with Gasteiger partial charge >= 0.3 is 0 Å². The van der Waals surface area contributed by atoms with Crippen molar-refractivity contribution < 1.29 is 14.6 Å². The Hall–Kier alpha value is -1.59. The molecular formula is C15H22N2O3. The second-order valence-electron chi connectivity index (χ2n) is 5.55. The van der Waals surface area contributed by atoms with E-state index in [9.17, 15) is 9.90 Å². The predicted molar refractivity (Wildman–Crippen MR) is 77.9 cm³/mol. The first-order valence-corrected chi connectivity index (χ1v) is 6.94. The minimum Gasteiger partial charge on any atom is -0.386 e. The predicted octanol–water partition coefficient (Wildman–Crippen LogP) is 1.39. The standard InChI is InChI=1S/C15H22N2O3/c1-11(2)17-13-6-4-3-5-12(13)14(18)16-9-15(19)7-8-20-10-15/h3-6,11,17,19H,7-10H2,1-2H3,(H,16,18). The van der Waals surface area contributed by atoms with Crippen LogP contribution in [-0.4, -0.2) is 42.4 Å². The molecule has 1 heterocycles. The van der Waals surface area contributed by atoms with Crippen molar-refractivity contribution in [1.29, 1.82) is 0 Å². The third kappa shape index (κ3) is 3.71. The second-order valence-corrected chi connectivity index (χ2v) is 5.55. The fourth-order valence-corrected chi connectivity index (χ4v) is 2.19. The zero-order valence-electron chi connectivity index (χ0n) is 12.0. The van der Waals surface area contributed by atoms with Gasteiger partial charge in [0, 0.05) is 31.3 Å². The summed E-state index contributed by atoms with van der Waals surface area (Å²) in [6.07, 6.45) is 0.555. The molecule has 1 aliphatic rings. The molecule has 1 amide bonds. The summed E-state index contributed by atoms with van der Waals surface area (Å²) in [5.74, 6) is -0.186. The van der Waals surface area contributed by atoms with E-state index in [0.29, 0.717) is 18.6 Å². The van der Waals surface area contributed by atoms with Gasteiger partial charge in [0.25, 0.3) is 5.91 Å². The molecule has 1 saturated heterocycles. The number of anilines is 1. The number of amides is 1. The number of para-hydroxylation sites is 1. The van der Waals surface area contributed by atoms with Gasteiger partial charge in [0.2, 0.25) is 0 Å². The van der Waals surface area contributed by atoms with Crippen molar-refractivity contribution >= 4 is 11.6 Å². The van der Waals surface area contributed by atoms with E-state index in [0.717, 1.165) is 5.69 Å². The van der Waals surface area contributed by atoms with Gasteiger partial charge in [-0.3, -0.25) is 4.79 Å². The summed E-state index contributed by atoms with van der Waals surface area (Å²) >= 11 is 0. The van der Waals surface area contributed by atoms with Crippen molar-refractivity contribution in [3.63, 3.8) is 0 Å². The lowest BCUT2D eigenvalue weighted by atomic mass is 10.0. The van der Waals surface area contributed by atoms with Crippen LogP contribution in [-0.2, 0) is 4.74 Å². The molecule has 5 heteroatoms. The van der Waals surface area contributed by atoms with E-state index in [1.807, 2.05) is 32.0 Å². The lowest BCUT2D eigenvalue weighted by molar-refractivity contribution is 0.0265. The van der Waals surface area contributed by atoms with E-state index >= 15 is 0 Å². The van der Waals surface area contributed by atoms with Gasteiger partial charge < -0.3 is 20.5 Å². The lowest BCUT2D eigenvalue weighted by Gasteiger charge is -2.21. The maximum Gasteiger partial charge on any atom is 0.253 e. The van der Waals surface area contributed by atoms with Crippen LogP contribution >= 0.6 is 0 Å². The first-order chi connectivity index (χ1) is 9.50. The van der Waals surface area contributed by atoms with Crippen LogP contribution in [0, 0.1) is 0 Å². The first-order valence-electron chi connectivity index (χ1n) is 6.94. The molecule has 1 fully saturated rings. The fourth-order valence-electron chi connectivity index (χ4n) is 2.19. The highest BCUT2D eigenvalue weighted by atomic mass is 16.5. The van der Waals surface area contributed by atoms with Crippen LogP contribution in [0.4, 0.5) is 5.69 Å². The monoisotopic (exact) mass is 278 g/mol. The van der Waals surface area contributed by atoms with Crippen LogP contribution in [0.15, 0.2) is 24.3 Å². The van der Waals surface area contributed by atoms with Gasteiger partial charge in [-0.15, -0.1) is 0 Å². The molecular weight excluding hydrogens is 256 g/mol. The minimum absolute atomic E-state index is 0.186. The van der Waals surface area contributed by atoms with E-state index < -0.39 is 5.60 Å². The smallest absolute Gasteiger partial charge is 0.253 e. The van der Waals surface area contributed by atoms with Gasteiger partial charge in [-0.25, -0.2) is 0 Å². The highest BCUT2D eigenvalue weighted by Crippen LogP contribution is 2.19. The Morgan fingerprint density at radius 3 is 2.85 bits per heavy atom. The van der Waals surface area contributed by atoms with Crippen molar-refractivity contribution in [3.8, 4) is 0 Å². The van der Waals surface area contributed by atoms with E-state index in [4.69, 9.17) is 4.74 Å². The lowest BCUT2D eigenvalue weighted by Crippen LogP contribution is -2.43. The van der Waals surface area contributed by atoms with E-state index in [1.54, 1.807) is 6.07 Å². The van der Waals surface area contributed by atoms with Crippen LogP contribution < -0.4 is 10.6 Å². The minimum atomic E-state index is -0.934. The summed E-state index contributed by atoms with van der Waals surface area (Å²) in [4.78, 5) is 12.2. The molecule has 1 atom stereocenters. The number of carbonyl (C=O) groups is 1. The number of carbonyl (C=O) groups excluding carboxylic acids is 1. The van der Waals surface area contributed by atoms with Crippen LogP contribution in [0.1, 0.15) is 30.6 Å². The topological polar surface area (TPSA) is 70.6 Å². The van der Waals surface area contributed by atoms with Crippen LogP contribution in [0.5, 0.6) is 0 Å². The summed E-state index contributed by atoms with van der Waals surface area (Å²) in [6.45, 7) is 5.07. The van der Waals surface area contributed by atoms with Crippen LogP contribution in [0.2, 0.25) is 0 Å². The van der Waals surface area contributed by atoms with Crippen LogP contribution in [0.25, 0.3) is 0 Å². The first kappa shape index (κ1) is 14.8. The van der Waals surface area contributed by atoms with Gasteiger partial charge in [0.1, 0.15) is 5.60 Å². The fraction of sp³-hybridized carbons (Fsp3) is 0.533. The number of benzene rings is 1. The van der Waals surface area contributed by atoms with Gasteiger partial charge in [0.15, 0.2) is 0 Å². The SMILES string of the molecule is CC(C)Nc1ccccc1C(=O)NCC1(O)CCOC1. The van der Waals surface area contributed by atoms with Crippen molar-refractivity contribution in [2.24, 2.45) is 0 Å². The molecule has 1 aliphatic heterocycles. The van der Waals surface area contributed by atoms with Gasteiger partial charge in [-0.1, -0.05) is 12.1 Å². The van der Waals surface area contributed by atoms with Crippen molar-refractivity contribution in [3.05, 3.63) is 29.8 Å². The van der Waals surface area contributed by atoms with Crippen LogP contribution in [0.3, 0.4) is 0 Å². The Labute approximate surface area is 119 Å². The molecule has 1 aromatic rings. The maximum atomic E-state index is 12.2. The van der Waals surface area contributed by atoms with Crippen molar-refractivity contribution in [1.82, 2.24) is 5.32 Å². The quantitative estimate of drug-likeness (QED) is 0.761. The summed E-state index contributed by atoms with van der Waals surface area (Å²) in [5, 5.41) is 16.2. The average molecular weight is 278 g/mol. The third-order valence-electron chi connectivity index (χ3n) is 3.28. The average Bonchev–Trinajstić information content (AvgIpc) is 2.83. The largest absolute Gasteiger partial charge is 0.386 e. The Morgan fingerprint density at radius 1 is 1.45 bits per heavy atom. The molecule has 3 N–H and O–H groups in total. The van der Waals surface area contributed by atoms with Gasteiger partial charge in [0.05, 0.1) is 12.2 Å². The number of ether oxygens (including phenoxy) is 1. The molecule has 0 aromatic heterocycles. The molecule has 0 saturated carbocycles. The molecule has 0 radical (unpaired) electrons. The van der Waals surface area contributed by atoms with Crippen molar-refractivity contribution in [2.75, 3.05) is 25.1 Å². The molecule has 1 aromatic carbocycles. The number of nitrogens with one attached hydrogen (secondary N) is 2. The highest BCUT2D eigenvalue weighted by Gasteiger charge is 2.32. The zero-order valence-corrected chi connectivity index (χ0v) is 12.0. The molecule has 2 rings (SSSR count).